The highest BCUT2D eigenvalue weighted by atomic mass is 19.2. The van der Waals surface area contributed by atoms with Crippen LogP contribution in [-0.2, 0) is 0 Å². The third-order valence-corrected chi connectivity index (χ3v) is 8.56. The Balaban J connectivity index is 0.000000847. The SMILES string of the molecule is CCCCCCCCCCCCC[NH+](CCC)c1c(OB(Oc2cc(F)c(F)c(F)c2)Oc2cc(F)c(F)c(F)c2)cc(F)c(F)c1F.Fc1c[c-]cc(F)c1F. The monoisotopic (exact) mass is 823 g/mol. The van der Waals surface area contributed by atoms with Crippen LogP contribution in [0.1, 0.15) is 90.9 Å². The van der Waals surface area contributed by atoms with Gasteiger partial charge in [0.25, 0.3) is 0 Å². The highest BCUT2D eigenvalue weighted by Gasteiger charge is 2.37. The van der Waals surface area contributed by atoms with Crippen molar-refractivity contribution in [1.29, 1.82) is 0 Å². The van der Waals surface area contributed by atoms with E-state index in [1.165, 1.54) is 32.1 Å². The number of hydrogen-bond acceptors (Lipinski definition) is 3. The van der Waals surface area contributed by atoms with E-state index in [1.807, 2.05) is 0 Å². The smallest absolute Gasteiger partial charge is 0.489 e. The summed E-state index contributed by atoms with van der Waals surface area (Å²) in [6.07, 6.45) is 12.2. The molecule has 4 rings (SSSR count). The molecule has 4 nitrogen and oxygen atoms in total. The predicted octanol–water partition coefficient (Wildman–Crippen LogP) is 11.6. The summed E-state index contributed by atoms with van der Waals surface area (Å²) in [5.74, 6) is -21.5. The number of halogens is 12. The van der Waals surface area contributed by atoms with E-state index in [0.29, 0.717) is 54.6 Å². The standard InChI is InChI=1S/C34H39BF9NO3.C6H2F3/c1-3-5-6-7-8-9-10-11-12-13-14-16-45(15-4-2)34-29(21-28(40)32(43)33(34)44)48-35(46-22-17-24(36)30(41)25(37)18-22)47-23-19-26(38)31(42)27(39)20-23;7-4-2-1-3-5(8)6(4)9/h17-21H,3-16H2,1-2H3;2-3H/q;-1/p+1. The van der Waals surface area contributed by atoms with Gasteiger partial charge in [-0.05, 0) is 19.3 Å². The molecule has 4 aromatic carbocycles. The van der Waals surface area contributed by atoms with Crippen molar-refractivity contribution in [3.63, 3.8) is 0 Å². The lowest BCUT2D eigenvalue weighted by Gasteiger charge is -2.23. The van der Waals surface area contributed by atoms with Crippen LogP contribution < -0.4 is 18.9 Å². The largest absolute Gasteiger partial charge is 0.864 e. The Kier molecular flexibility index (Phi) is 19.4. The maximum Gasteiger partial charge on any atom is 0.864 e. The van der Waals surface area contributed by atoms with E-state index in [-0.39, 0.29) is 6.54 Å². The second-order valence-corrected chi connectivity index (χ2v) is 13.0. The first-order valence-corrected chi connectivity index (χ1v) is 18.5. The molecular weight excluding hydrogens is 781 g/mol. The van der Waals surface area contributed by atoms with E-state index in [4.69, 9.17) is 14.0 Å². The lowest BCUT2D eigenvalue weighted by molar-refractivity contribution is -0.834. The first-order chi connectivity index (χ1) is 27.2. The van der Waals surface area contributed by atoms with Crippen molar-refractivity contribution in [2.75, 3.05) is 13.1 Å². The first kappa shape index (κ1) is 46.8. The van der Waals surface area contributed by atoms with Crippen LogP contribution in [0.3, 0.4) is 0 Å². The number of unbranched alkanes of at least 4 members (excludes halogenated alkanes) is 10. The molecule has 0 saturated heterocycles. The molecule has 17 heteroatoms. The molecule has 4 aromatic rings. The molecule has 0 aliphatic carbocycles. The van der Waals surface area contributed by atoms with E-state index < -0.39 is 100 Å². The topological polar surface area (TPSA) is 32.1 Å². The van der Waals surface area contributed by atoms with Gasteiger partial charge in [-0.1, -0.05) is 71.6 Å². The molecule has 0 aromatic heterocycles. The summed E-state index contributed by atoms with van der Waals surface area (Å²) in [5.41, 5.74) is -0.451. The predicted molar refractivity (Wildman–Crippen MR) is 189 cm³/mol. The zero-order valence-electron chi connectivity index (χ0n) is 31.3. The maximum absolute atomic E-state index is 15.4. The summed E-state index contributed by atoms with van der Waals surface area (Å²) in [7, 11) is -2.31. The van der Waals surface area contributed by atoms with Gasteiger partial charge in [0.2, 0.25) is 17.3 Å². The zero-order valence-corrected chi connectivity index (χ0v) is 31.3. The third kappa shape index (κ3) is 14.4. The molecular formula is C40H42BF12NO3. The quantitative estimate of drug-likeness (QED) is 0.0299. The maximum atomic E-state index is 15.4. The fraction of sp³-hybridized carbons (Fsp3) is 0.400. The minimum absolute atomic E-state index is 0.255. The Labute approximate surface area is 323 Å². The minimum atomic E-state index is -2.31. The minimum Gasteiger partial charge on any atom is -0.489 e. The molecule has 1 N–H and O–H groups in total. The molecule has 0 amide bonds. The molecule has 0 radical (unpaired) electrons. The molecule has 0 bridgehead atoms. The highest BCUT2D eigenvalue weighted by Crippen LogP contribution is 2.31. The van der Waals surface area contributed by atoms with Crippen molar-refractivity contribution in [1.82, 2.24) is 0 Å². The number of quaternary nitrogens is 1. The number of hydrogen-bond donors (Lipinski definition) is 1. The van der Waals surface area contributed by atoms with Crippen LogP contribution in [0.15, 0.2) is 42.5 Å². The van der Waals surface area contributed by atoms with E-state index in [2.05, 4.69) is 13.0 Å². The van der Waals surface area contributed by atoms with Gasteiger partial charge in [0.15, 0.2) is 46.5 Å². The summed E-state index contributed by atoms with van der Waals surface area (Å²) in [6, 6.07) is 5.60. The van der Waals surface area contributed by atoms with Crippen LogP contribution in [0.4, 0.5) is 58.4 Å². The van der Waals surface area contributed by atoms with Crippen LogP contribution in [-0.4, -0.2) is 20.4 Å². The zero-order chi connectivity index (χ0) is 42.1. The van der Waals surface area contributed by atoms with Gasteiger partial charge in [-0.3, -0.25) is 13.7 Å². The van der Waals surface area contributed by atoms with Gasteiger partial charge in [0.05, 0.1) is 18.9 Å². The second kappa shape index (κ2) is 23.6. The van der Waals surface area contributed by atoms with Gasteiger partial charge in [0.1, 0.15) is 11.5 Å². The van der Waals surface area contributed by atoms with Gasteiger partial charge >= 0.3 is 7.32 Å². The molecule has 0 saturated carbocycles. The van der Waals surface area contributed by atoms with Crippen molar-refractivity contribution in [3.8, 4) is 17.2 Å². The van der Waals surface area contributed by atoms with Gasteiger partial charge in [-0.2, -0.15) is 10.5 Å². The number of rotatable bonds is 21. The van der Waals surface area contributed by atoms with Crippen LogP contribution in [0, 0.1) is 75.9 Å². The Morgan fingerprint density at radius 1 is 0.439 bits per heavy atom. The number of nitrogens with one attached hydrogen (secondary N) is 1. The van der Waals surface area contributed by atoms with Crippen molar-refractivity contribution >= 4 is 13.0 Å². The van der Waals surface area contributed by atoms with Gasteiger partial charge in [-0.15, -0.1) is 12.1 Å². The third-order valence-electron chi connectivity index (χ3n) is 8.56. The van der Waals surface area contributed by atoms with Crippen LogP contribution in [0.5, 0.6) is 17.2 Å². The lowest BCUT2D eigenvalue weighted by atomic mass is 10.1. The molecule has 0 heterocycles. The Hall–Kier alpha value is -4.54. The summed E-state index contributed by atoms with van der Waals surface area (Å²) in [4.78, 5) is 0.372. The van der Waals surface area contributed by atoms with Crippen LogP contribution >= 0.6 is 0 Å². The molecule has 0 aliphatic rings. The molecule has 1 atom stereocenters. The average Bonchev–Trinajstić information content (AvgIpc) is 3.16. The Bertz CT molecular complexity index is 1760. The van der Waals surface area contributed by atoms with Crippen molar-refractivity contribution in [2.45, 2.75) is 90.9 Å². The first-order valence-electron chi connectivity index (χ1n) is 18.5. The number of benzene rings is 4. The van der Waals surface area contributed by atoms with E-state index in [9.17, 15) is 48.3 Å². The summed E-state index contributed by atoms with van der Waals surface area (Å²) in [5, 5.41) is 0. The summed E-state index contributed by atoms with van der Waals surface area (Å²) < 4.78 is 179. The normalized spacial score (nSPS) is 11.5. The summed E-state index contributed by atoms with van der Waals surface area (Å²) in [6.45, 7) is 4.51. The van der Waals surface area contributed by atoms with E-state index in [1.54, 1.807) is 6.92 Å². The van der Waals surface area contributed by atoms with E-state index >= 15 is 4.39 Å². The second-order valence-electron chi connectivity index (χ2n) is 13.0. The van der Waals surface area contributed by atoms with Gasteiger partial charge in [0, 0.05) is 42.0 Å². The van der Waals surface area contributed by atoms with Crippen molar-refractivity contribution < 1.29 is 71.5 Å². The van der Waals surface area contributed by atoms with Gasteiger partial charge < -0.3 is 14.0 Å². The molecule has 57 heavy (non-hydrogen) atoms. The molecule has 0 spiro atoms. The molecule has 312 valence electrons. The molecule has 1 unspecified atom stereocenters. The Morgan fingerprint density at radius 2 is 0.842 bits per heavy atom. The fourth-order valence-corrected chi connectivity index (χ4v) is 5.70. The average molecular weight is 824 g/mol. The van der Waals surface area contributed by atoms with E-state index in [0.717, 1.165) is 44.2 Å². The van der Waals surface area contributed by atoms with Crippen LogP contribution in [0.25, 0.3) is 0 Å². The fourth-order valence-electron chi connectivity index (χ4n) is 5.70. The van der Waals surface area contributed by atoms with Gasteiger partial charge in [-0.25, -0.2) is 39.5 Å². The highest BCUT2D eigenvalue weighted by molar-refractivity contribution is 6.39. The Morgan fingerprint density at radius 3 is 1.26 bits per heavy atom. The van der Waals surface area contributed by atoms with Crippen molar-refractivity contribution in [2.24, 2.45) is 0 Å². The lowest BCUT2D eigenvalue weighted by Crippen LogP contribution is -3.07. The summed E-state index contributed by atoms with van der Waals surface area (Å²) >= 11 is 0. The van der Waals surface area contributed by atoms with Crippen LogP contribution in [0.2, 0.25) is 0 Å². The molecule has 0 fully saturated rings. The molecule has 0 aliphatic heterocycles. The van der Waals surface area contributed by atoms with Crippen molar-refractivity contribution in [3.05, 3.63) is 118 Å².